The first kappa shape index (κ1) is 23.1. The maximum absolute atomic E-state index is 14.1. The lowest BCUT2D eigenvalue weighted by Gasteiger charge is -2.27. The monoisotopic (exact) mass is 497 g/mol. The number of fused-ring (bicyclic) bond motifs is 3. The van der Waals surface area contributed by atoms with Crippen molar-refractivity contribution in [2.45, 2.75) is 18.6 Å². The normalized spacial score (nSPS) is 23.5. The minimum Gasteiger partial charge on any atom is -0.497 e. The summed E-state index contributed by atoms with van der Waals surface area (Å²) in [7, 11) is 2.91. The van der Waals surface area contributed by atoms with Gasteiger partial charge in [-0.25, -0.2) is 4.90 Å². The van der Waals surface area contributed by atoms with Crippen LogP contribution in [0.1, 0.15) is 37.9 Å². The van der Waals surface area contributed by atoms with E-state index in [4.69, 9.17) is 14.2 Å². The number of amides is 2. The van der Waals surface area contributed by atoms with Gasteiger partial charge < -0.3 is 14.2 Å². The summed E-state index contributed by atoms with van der Waals surface area (Å²) in [6.45, 7) is 1.92. The Hall–Kier alpha value is -4.30. The van der Waals surface area contributed by atoms with Crippen molar-refractivity contribution in [3.8, 4) is 11.5 Å². The SMILES string of the molecule is COc1ccc(N2C(=O)[C@H]3[C@@H](C2=O)C2(O[C@H]3c3ccc(C)cc3)C(=O)c3ccccc3C2=O)c(OC)c1. The van der Waals surface area contributed by atoms with Crippen LogP contribution >= 0.6 is 0 Å². The van der Waals surface area contributed by atoms with Crippen molar-refractivity contribution in [2.24, 2.45) is 11.8 Å². The number of ether oxygens (including phenoxy) is 3. The third-order valence-electron chi connectivity index (χ3n) is 7.55. The Balaban J connectivity index is 1.54. The number of ketones is 2. The summed E-state index contributed by atoms with van der Waals surface area (Å²) in [5.74, 6) is -4.11. The van der Waals surface area contributed by atoms with Crippen LogP contribution in [0.5, 0.6) is 11.5 Å². The number of nitrogens with zero attached hydrogens (tertiary/aromatic N) is 1. The van der Waals surface area contributed by atoms with Gasteiger partial charge in [-0.05, 0) is 24.6 Å². The van der Waals surface area contributed by atoms with E-state index in [0.717, 1.165) is 10.5 Å². The number of aryl methyl sites for hydroxylation is 1. The van der Waals surface area contributed by atoms with E-state index in [1.54, 1.807) is 54.6 Å². The number of hydrogen-bond acceptors (Lipinski definition) is 7. The summed E-state index contributed by atoms with van der Waals surface area (Å²) in [6.07, 6.45) is -0.974. The molecule has 2 heterocycles. The fourth-order valence-corrected chi connectivity index (χ4v) is 5.78. The molecule has 0 bridgehead atoms. The second-order valence-electron chi connectivity index (χ2n) is 9.44. The van der Waals surface area contributed by atoms with E-state index in [2.05, 4.69) is 0 Å². The van der Waals surface area contributed by atoms with Crippen molar-refractivity contribution in [1.82, 2.24) is 0 Å². The van der Waals surface area contributed by atoms with E-state index >= 15 is 0 Å². The Morgan fingerprint density at radius 1 is 0.811 bits per heavy atom. The average molecular weight is 498 g/mol. The minimum absolute atomic E-state index is 0.191. The second kappa shape index (κ2) is 8.11. The van der Waals surface area contributed by atoms with Gasteiger partial charge in [0.1, 0.15) is 11.5 Å². The number of benzene rings is 3. The predicted molar refractivity (Wildman–Crippen MR) is 132 cm³/mol. The first-order valence-electron chi connectivity index (χ1n) is 11.9. The molecule has 0 saturated carbocycles. The molecule has 2 amide bonds. The van der Waals surface area contributed by atoms with Crippen molar-refractivity contribution in [3.63, 3.8) is 0 Å². The number of rotatable bonds is 4. The van der Waals surface area contributed by atoms with Crippen molar-refractivity contribution < 1.29 is 33.4 Å². The highest BCUT2D eigenvalue weighted by Crippen LogP contribution is 2.58. The van der Waals surface area contributed by atoms with Crippen LogP contribution in [-0.4, -0.2) is 43.2 Å². The number of carbonyl (C=O) groups excluding carboxylic acids is 4. The van der Waals surface area contributed by atoms with Crippen LogP contribution < -0.4 is 14.4 Å². The molecule has 8 heteroatoms. The molecule has 2 aliphatic heterocycles. The number of carbonyl (C=O) groups is 4. The molecule has 0 radical (unpaired) electrons. The fourth-order valence-electron chi connectivity index (χ4n) is 5.78. The van der Waals surface area contributed by atoms with Crippen LogP contribution in [0.4, 0.5) is 5.69 Å². The average Bonchev–Trinajstić information content (AvgIpc) is 3.48. The molecule has 3 aromatic carbocycles. The van der Waals surface area contributed by atoms with Gasteiger partial charge in [0.25, 0.3) is 0 Å². The Bertz CT molecular complexity index is 1460. The Labute approximate surface area is 212 Å². The Morgan fingerprint density at radius 2 is 1.46 bits per heavy atom. The molecule has 1 spiro atoms. The van der Waals surface area contributed by atoms with E-state index in [-0.39, 0.29) is 22.6 Å². The van der Waals surface area contributed by atoms with Crippen LogP contribution in [0.2, 0.25) is 0 Å². The lowest BCUT2D eigenvalue weighted by atomic mass is 9.77. The number of methoxy groups -OCH3 is 2. The van der Waals surface area contributed by atoms with Crippen LogP contribution in [-0.2, 0) is 14.3 Å². The van der Waals surface area contributed by atoms with Gasteiger partial charge >= 0.3 is 0 Å². The van der Waals surface area contributed by atoms with Gasteiger partial charge in [-0.15, -0.1) is 0 Å². The van der Waals surface area contributed by atoms with E-state index in [1.165, 1.54) is 14.2 Å². The van der Waals surface area contributed by atoms with E-state index in [1.807, 2.05) is 19.1 Å². The lowest BCUT2D eigenvalue weighted by Crippen LogP contribution is -2.51. The highest BCUT2D eigenvalue weighted by atomic mass is 16.5. The van der Waals surface area contributed by atoms with Gasteiger partial charge in [-0.2, -0.15) is 0 Å². The summed E-state index contributed by atoms with van der Waals surface area (Å²) in [6, 6.07) is 18.4. The molecule has 3 atom stereocenters. The quantitative estimate of drug-likeness (QED) is 0.400. The van der Waals surface area contributed by atoms with Crippen LogP contribution in [0.15, 0.2) is 66.7 Å². The standard InChI is InChI=1S/C29H23NO7/c1-15-8-10-16(11-9-15)24-22-23(29(37-24)25(31)18-6-4-5-7-19(18)26(29)32)28(34)30(27(22)33)20-13-12-17(35-2)14-21(20)36-3/h4-14,22-24H,1-3H3/t22-,23-,24-/m0/s1. The van der Waals surface area contributed by atoms with E-state index in [9.17, 15) is 19.2 Å². The molecule has 6 rings (SSSR count). The molecule has 0 aromatic heterocycles. The molecule has 8 nitrogen and oxygen atoms in total. The minimum atomic E-state index is -2.12. The lowest BCUT2D eigenvalue weighted by molar-refractivity contribution is -0.127. The maximum Gasteiger partial charge on any atom is 0.241 e. The van der Waals surface area contributed by atoms with Crippen molar-refractivity contribution >= 4 is 29.1 Å². The topological polar surface area (TPSA) is 99.2 Å². The van der Waals surface area contributed by atoms with Crippen LogP contribution in [0.3, 0.4) is 0 Å². The van der Waals surface area contributed by atoms with Crippen LogP contribution in [0.25, 0.3) is 0 Å². The summed E-state index contributed by atoms with van der Waals surface area (Å²) in [4.78, 5) is 56.8. The molecule has 0 N–H and O–H groups in total. The maximum atomic E-state index is 14.1. The van der Waals surface area contributed by atoms with Gasteiger partial charge in [0.15, 0.2) is 0 Å². The van der Waals surface area contributed by atoms with E-state index in [0.29, 0.717) is 11.3 Å². The smallest absolute Gasteiger partial charge is 0.241 e. The zero-order chi connectivity index (χ0) is 26.1. The van der Waals surface area contributed by atoms with Crippen LogP contribution in [0, 0.1) is 18.8 Å². The largest absolute Gasteiger partial charge is 0.497 e. The number of Topliss-reactive ketones (excluding diaryl/α,β-unsaturated/α-hetero) is 2. The zero-order valence-corrected chi connectivity index (χ0v) is 20.4. The highest BCUT2D eigenvalue weighted by Gasteiger charge is 2.74. The molecule has 1 aliphatic carbocycles. The summed E-state index contributed by atoms with van der Waals surface area (Å²) in [5.41, 5.74) is 0.0741. The van der Waals surface area contributed by atoms with Crippen molar-refractivity contribution in [1.29, 1.82) is 0 Å². The molecule has 2 saturated heterocycles. The summed E-state index contributed by atoms with van der Waals surface area (Å²) in [5, 5.41) is 0. The van der Waals surface area contributed by atoms with Gasteiger partial charge in [0, 0.05) is 17.2 Å². The fraction of sp³-hybridized carbons (Fsp3) is 0.241. The molecule has 37 heavy (non-hydrogen) atoms. The molecular formula is C29H23NO7. The molecule has 0 unspecified atom stereocenters. The molecule has 186 valence electrons. The van der Waals surface area contributed by atoms with Crippen molar-refractivity contribution in [2.75, 3.05) is 19.1 Å². The van der Waals surface area contributed by atoms with Gasteiger partial charge in [-0.3, -0.25) is 19.2 Å². The zero-order valence-electron chi connectivity index (χ0n) is 20.4. The third-order valence-corrected chi connectivity index (χ3v) is 7.55. The number of hydrogen-bond donors (Lipinski definition) is 0. The molecule has 3 aliphatic rings. The third kappa shape index (κ3) is 2.99. The van der Waals surface area contributed by atoms with E-state index < -0.39 is 46.9 Å². The Kier molecular flexibility index (Phi) is 5.07. The molecule has 2 fully saturated rings. The Morgan fingerprint density at radius 3 is 2.05 bits per heavy atom. The first-order valence-corrected chi connectivity index (χ1v) is 11.9. The second-order valence-corrected chi connectivity index (χ2v) is 9.44. The highest BCUT2D eigenvalue weighted by molar-refractivity contribution is 6.37. The van der Waals surface area contributed by atoms with Crippen molar-refractivity contribution in [3.05, 3.63) is 89.0 Å². The van der Waals surface area contributed by atoms with Gasteiger partial charge in [-0.1, -0.05) is 54.1 Å². The first-order chi connectivity index (χ1) is 17.8. The molecular weight excluding hydrogens is 474 g/mol. The number of anilines is 1. The van der Waals surface area contributed by atoms with Gasteiger partial charge in [0.05, 0.1) is 37.8 Å². The summed E-state index contributed by atoms with van der Waals surface area (Å²) >= 11 is 0. The van der Waals surface area contributed by atoms with Gasteiger partial charge in [0.2, 0.25) is 29.0 Å². The predicted octanol–water partition coefficient (Wildman–Crippen LogP) is 3.71. The molecule has 3 aromatic rings. The number of imide groups is 1. The summed E-state index contributed by atoms with van der Waals surface area (Å²) < 4.78 is 17.0.